The normalized spacial score (nSPS) is 24.3. The predicted molar refractivity (Wildman–Crippen MR) is 93.2 cm³/mol. The first-order chi connectivity index (χ1) is 10.6. The summed E-state index contributed by atoms with van der Waals surface area (Å²) in [4.78, 5) is 13.7. The van der Waals surface area contributed by atoms with Gasteiger partial charge in [0.25, 0.3) is 0 Å². The molecule has 3 nitrogen and oxygen atoms in total. The fraction of sp³-hybridized carbons (Fsp3) is 0.947. The SMILES string of the molecule is CCCCCCC(CCCC)CC1CC(C(=O)O)CCN1C. The predicted octanol–water partition coefficient (Wildman–Crippen LogP) is 4.95. The van der Waals surface area contributed by atoms with E-state index in [9.17, 15) is 9.90 Å². The first kappa shape index (κ1) is 19.5. The van der Waals surface area contributed by atoms with Crippen LogP contribution >= 0.6 is 0 Å². The Labute approximate surface area is 137 Å². The number of piperidine rings is 1. The second-order valence-corrected chi connectivity index (χ2v) is 7.29. The molecule has 130 valence electrons. The molecule has 1 heterocycles. The highest BCUT2D eigenvalue weighted by Gasteiger charge is 2.31. The summed E-state index contributed by atoms with van der Waals surface area (Å²) in [5.74, 6) is 0.0797. The Morgan fingerprint density at radius 1 is 1.14 bits per heavy atom. The summed E-state index contributed by atoms with van der Waals surface area (Å²) < 4.78 is 0. The van der Waals surface area contributed by atoms with Crippen LogP contribution in [0.5, 0.6) is 0 Å². The van der Waals surface area contributed by atoms with Crippen molar-refractivity contribution in [3.63, 3.8) is 0 Å². The molecule has 1 aliphatic heterocycles. The van der Waals surface area contributed by atoms with Crippen molar-refractivity contribution >= 4 is 5.97 Å². The monoisotopic (exact) mass is 311 g/mol. The lowest BCUT2D eigenvalue weighted by Gasteiger charge is -2.37. The molecule has 0 radical (unpaired) electrons. The third-order valence-corrected chi connectivity index (χ3v) is 5.40. The molecule has 0 aromatic carbocycles. The van der Waals surface area contributed by atoms with E-state index in [-0.39, 0.29) is 5.92 Å². The molecule has 1 fully saturated rings. The van der Waals surface area contributed by atoms with Gasteiger partial charge in [0.2, 0.25) is 0 Å². The summed E-state index contributed by atoms with van der Waals surface area (Å²) >= 11 is 0. The van der Waals surface area contributed by atoms with Crippen LogP contribution in [0.15, 0.2) is 0 Å². The lowest BCUT2D eigenvalue weighted by atomic mass is 9.83. The van der Waals surface area contributed by atoms with Gasteiger partial charge in [-0.15, -0.1) is 0 Å². The maximum atomic E-state index is 11.3. The lowest BCUT2D eigenvalue weighted by molar-refractivity contribution is -0.144. The standard InChI is InChI=1S/C19H37NO2/c1-4-6-8-9-11-16(10-7-5-2)14-18-15-17(19(21)22)12-13-20(18)3/h16-18H,4-15H2,1-3H3,(H,21,22). The summed E-state index contributed by atoms with van der Waals surface area (Å²) in [5.41, 5.74) is 0. The van der Waals surface area contributed by atoms with Gasteiger partial charge in [-0.3, -0.25) is 4.79 Å². The van der Waals surface area contributed by atoms with Crippen molar-refractivity contribution in [2.24, 2.45) is 11.8 Å². The Balaban J connectivity index is 2.48. The number of aliphatic carboxylic acids is 1. The molecule has 0 aliphatic carbocycles. The topological polar surface area (TPSA) is 40.5 Å². The van der Waals surface area contributed by atoms with Gasteiger partial charge in [0.1, 0.15) is 0 Å². The largest absolute Gasteiger partial charge is 0.481 e. The van der Waals surface area contributed by atoms with Gasteiger partial charge in [0, 0.05) is 6.04 Å². The van der Waals surface area contributed by atoms with E-state index in [1.54, 1.807) is 0 Å². The number of carbonyl (C=O) groups is 1. The number of rotatable bonds is 11. The molecule has 22 heavy (non-hydrogen) atoms. The molecule has 0 aromatic rings. The molecule has 0 amide bonds. The molecule has 0 spiro atoms. The van der Waals surface area contributed by atoms with Gasteiger partial charge in [0.05, 0.1) is 5.92 Å². The second kappa shape index (κ2) is 11.0. The maximum Gasteiger partial charge on any atom is 0.306 e. The number of carboxylic acid groups (broad SMARTS) is 1. The molecule has 0 aromatic heterocycles. The van der Waals surface area contributed by atoms with Crippen molar-refractivity contribution in [3.8, 4) is 0 Å². The summed E-state index contributed by atoms with van der Waals surface area (Å²) in [5, 5.41) is 9.30. The van der Waals surface area contributed by atoms with Crippen molar-refractivity contribution in [2.45, 2.75) is 90.5 Å². The van der Waals surface area contributed by atoms with E-state index in [0.29, 0.717) is 6.04 Å². The molecule has 3 atom stereocenters. The Kier molecular flexibility index (Phi) is 9.77. The number of hydrogen-bond acceptors (Lipinski definition) is 2. The molecule has 1 N–H and O–H groups in total. The highest BCUT2D eigenvalue weighted by molar-refractivity contribution is 5.70. The Morgan fingerprint density at radius 2 is 1.82 bits per heavy atom. The van der Waals surface area contributed by atoms with Gasteiger partial charge in [-0.05, 0) is 38.8 Å². The van der Waals surface area contributed by atoms with Crippen LogP contribution in [0.1, 0.15) is 84.5 Å². The molecule has 0 bridgehead atoms. The van der Waals surface area contributed by atoms with Crippen LogP contribution in [-0.2, 0) is 4.79 Å². The summed E-state index contributed by atoms with van der Waals surface area (Å²) in [6.45, 7) is 5.47. The van der Waals surface area contributed by atoms with E-state index in [0.717, 1.165) is 25.3 Å². The van der Waals surface area contributed by atoms with Crippen LogP contribution in [0.25, 0.3) is 0 Å². The molecular weight excluding hydrogens is 274 g/mol. The van der Waals surface area contributed by atoms with Crippen LogP contribution in [0.4, 0.5) is 0 Å². The Morgan fingerprint density at radius 3 is 2.45 bits per heavy atom. The summed E-state index contributed by atoms with van der Waals surface area (Å²) in [7, 11) is 2.18. The minimum atomic E-state index is -0.592. The fourth-order valence-corrected chi connectivity index (χ4v) is 3.79. The van der Waals surface area contributed by atoms with Crippen molar-refractivity contribution in [1.82, 2.24) is 4.90 Å². The van der Waals surface area contributed by atoms with Crippen LogP contribution < -0.4 is 0 Å². The highest BCUT2D eigenvalue weighted by atomic mass is 16.4. The van der Waals surface area contributed by atoms with Crippen LogP contribution in [0.3, 0.4) is 0 Å². The number of likely N-dealkylation sites (tertiary alicyclic amines) is 1. The van der Waals surface area contributed by atoms with E-state index >= 15 is 0 Å². The van der Waals surface area contributed by atoms with E-state index in [4.69, 9.17) is 0 Å². The smallest absolute Gasteiger partial charge is 0.306 e. The van der Waals surface area contributed by atoms with Crippen molar-refractivity contribution in [3.05, 3.63) is 0 Å². The first-order valence-electron chi connectivity index (χ1n) is 9.51. The van der Waals surface area contributed by atoms with Gasteiger partial charge in [-0.25, -0.2) is 0 Å². The van der Waals surface area contributed by atoms with E-state index in [1.807, 2.05) is 0 Å². The maximum absolute atomic E-state index is 11.3. The summed E-state index contributed by atoms with van der Waals surface area (Å²) in [6, 6.07) is 0.475. The number of carboxylic acids is 1. The average molecular weight is 312 g/mol. The minimum absolute atomic E-state index is 0.117. The van der Waals surface area contributed by atoms with Crippen LogP contribution in [-0.4, -0.2) is 35.6 Å². The minimum Gasteiger partial charge on any atom is -0.481 e. The third kappa shape index (κ3) is 7.13. The zero-order valence-corrected chi connectivity index (χ0v) is 15.0. The van der Waals surface area contributed by atoms with E-state index in [1.165, 1.54) is 57.8 Å². The van der Waals surface area contributed by atoms with Crippen LogP contribution in [0.2, 0.25) is 0 Å². The molecular formula is C19H37NO2. The zero-order chi connectivity index (χ0) is 16.4. The third-order valence-electron chi connectivity index (χ3n) is 5.40. The first-order valence-corrected chi connectivity index (χ1v) is 9.51. The molecule has 3 unspecified atom stereocenters. The van der Waals surface area contributed by atoms with Crippen LogP contribution in [0, 0.1) is 11.8 Å². The fourth-order valence-electron chi connectivity index (χ4n) is 3.79. The highest BCUT2D eigenvalue weighted by Crippen LogP contribution is 2.30. The molecule has 1 saturated heterocycles. The Hall–Kier alpha value is -0.570. The Bertz CT molecular complexity index is 306. The lowest BCUT2D eigenvalue weighted by Crippen LogP contribution is -2.42. The zero-order valence-electron chi connectivity index (χ0n) is 15.0. The van der Waals surface area contributed by atoms with Crippen molar-refractivity contribution in [1.29, 1.82) is 0 Å². The van der Waals surface area contributed by atoms with E-state index in [2.05, 4.69) is 25.8 Å². The average Bonchev–Trinajstić information content (AvgIpc) is 2.50. The molecule has 1 aliphatic rings. The number of unbranched alkanes of at least 4 members (excludes halogenated alkanes) is 4. The van der Waals surface area contributed by atoms with Gasteiger partial charge in [-0.1, -0.05) is 65.2 Å². The van der Waals surface area contributed by atoms with Crippen molar-refractivity contribution < 1.29 is 9.90 Å². The quantitative estimate of drug-likeness (QED) is 0.549. The van der Waals surface area contributed by atoms with Gasteiger partial charge < -0.3 is 10.0 Å². The molecule has 0 saturated carbocycles. The molecule has 1 rings (SSSR count). The van der Waals surface area contributed by atoms with Gasteiger partial charge in [-0.2, -0.15) is 0 Å². The van der Waals surface area contributed by atoms with Gasteiger partial charge in [0.15, 0.2) is 0 Å². The summed E-state index contributed by atoms with van der Waals surface area (Å²) in [6.07, 6.45) is 13.5. The number of nitrogens with zero attached hydrogens (tertiary/aromatic N) is 1. The second-order valence-electron chi connectivity index (χ2n) is 7.29. The van der Waals surface area contributed by atoms with Crippen molar-refractivity contribution in [2.75, 3.05) is 13.6 Å². The molecule has 3 heteroatoms. The van der Waals surface area contributed by atoms with E-state index < -0.39 is 5.97 Å². The van der Waals surface area contributed by atoms with Gasteiger partial charge >= 0.3 is 5.97 Å². The number of hydrogen-bond donors (Lipinski definition) is 1.